The number of carbonyl (C=O) groups excluding carboxylic acids is 1. The lowest BCUT2D eigenvalue weighted by Gasteiger charge is -2.39. The molecule has 0 aromatic heterocycles. The smallest absolute Gasteiger partial charge is 0.149 e. The van der Waals surface area contributed by atoms with E-state index in [0.717, 1.165) is 24.7 Å². The van der Waals surface area contributed by atoms with Gasteiger partial charge in [0.2, 0.25) is 0 Å². The van der Waals surface area contributed by atoms with Crippen molar-refractivity contribution >= 4 is 5.78 Å². The first-order valence-electron chi connectivity index (χ1n) is 8.86. The van der Waals surface area contributed by atoms with Gasteiger partial charge < -0.3 is 5.32 Å². The summed E-state index contributed by atoms with van der Waals surface area (Å²) < 4.78 is 0. The molecule has 0 saturated heterocycles. The maximum Gasteiger partial charge on any atom is 0.149 e. The van der Waals surface area contributed by atoms with Gasteiger partial charge in [0.25, 0.3) is 0 Å². The number of carbonyl (C=O) groups is 1. The van der Waals surface area contributed by atoms with E-state index >= 15 is 0 Å². The molecule has 0 spiro atoms. The Bertz CT molecular complexity index is 281. The molecular formula is C18H33NO. The highest BCUT2D eigenvalue weighted by Gasteiger charge is 2.38. The van der Waals surface area contributed by atoms with E-state index in [1.54, 1.807) is 0 Å². The highest BCUT2D eigenvalue weighted by Crippen LogP contribution is 2.37. The van der Waals surface area contributed by atoms with Crippen LogP contribution in [0.2, 0.25) is 0 Å². The van der Waals surface area contributed by atoms with Crippen LogP contribution in [0.5, 0.6) is 0 Å². The van der Waals surface area contributed by atoms with Crippen LogP contribution in [-0.4, -0.2) is 18.4 Å². The molecule has 116 valence electrons. The zero-order valence-corrected chi connectivity index (χ0v) is 13.5. The van der Waals surface area contributed by atoms with E-state index in [4.69, 9.17) is 0 Å². The van der Waals surface area contributed by atoms with Gasteiger partial charge in [0, 0.05) is 0 Å². The van der Waals surface area contributed by atoms with Crippen LogP contribution in [0.4, 0.5) is 0 Å². The zero-order chi connectivity index (χ0) is 14.4. The van der Waals surface area contributed by atoms with Crippen molar-refractivity contribution in [3.63, 3.8) is 0 Å². The fourth-order valence-electron chi connectivity index (χ4n) is 4.52. The molecule has 0 unspecified atom stereocenters. The molecule has 2 saturated carbocycles. The maximum absolute atomic E-state index is 12.4. The van der Waals surface area contributed by atoms with Crippen molar-refractivity contribution in [2.75, 3.05) is 7.05 Å². The summed E-state index contributed by atoms with van der Waals surface area (Å²) in [6, 6.07) is 0. The third-order valence-electron chi connectivity index (χ3n) is 5.88. The number of hydrogen-bond acceptors (Lipinski definition) is 2. The van der Waals surface area contributed by atoms with Gasteiger partial charge in [-0.05, 0) is 38.6 Å². The molecule has 2 aliphatic carbocycles. The summed E-state index contributed by atoms with van der Waals surface area (Å²) in [4.78, 5) is 12.4. The van der Waals surface area contributed by atoms with Crippen LogP contribution < -0.4 is 5.32 Å². The van der Waals surface area contributed by atoms with Gasteiger partial charge in [0.05, 0.1) is 5.54 Å². The molecule has 0 atom stereocenters. The van der Waals surface area contributed by atoms with Crippen LogP contribution in [0.1, 0.15) is 84.0 Å². The normalized spacial score (nSPS) is 22.9. The Morgan fingerprint density at radius 1 is 0.900 bits per heavy atom. The van der Waals surface area contributed by atoms with E-state index in [1.807, 2.05) is 14.0 Å². The predicted molar refractivity (Wildman–Crippen MR) is 84.9 cm³/mol. The van der Waals surface area contributed by atoms with Gasteiger partial charge in [-0.15, -0.1) is 0 Å². The first-order chi connectivity index (χ1) is 9.66. The number of ketones is 1. The second kappa shape index (κ2) is 7.59. The summed E-state index contributed by atoms with van der Waals surface area (Å²) in [6.07, 6.45) is 15.8. The van der Waals surface area contributed by atoms with Crippen LogP contribution in [-0.2, 0) is 4.79 Å². The van der Waals surface area contributed by atoms with Crippen molar-refractivity contribution in [3.05, 3.63) is 0 Å². The number of likely N-dealkylation sites (N-methyl/N-ethyl adjacent to an activating group) is 1. The van der Waals surface area contributed by atoms with Crippen molar-refractivity contribution in [2.24, 2.45) is 11.8 Å². The van der Waals surface area contributed by atoms with Gasteiger partial charge in [-0.1, -0.05) is 64.2 Å². The maximum atomic E-state index is 12.4. The Hall–Kier alpha value is -0.370. The second-order valence-electron chi connectivity index (χ2n) is 7.30. The van der Waals surface area contributed by atoms with Crippen molar-refractivity contribution in [1.82, 2.24) is 5.32 Å². The number of Topliss-reactive ketones (excluding diaryl/α,β-unsaturated/α-hetero) is 1. The summed E-state index contributed by atoms with van der Waals surface area (Å²) in [7, 11) is 2.01. The molecule has 0 radical (unpaired) electrons. The Kier molecular flexibility index (Phi) is 6.07. The lowest BCUT2D eigenvalue weighted by Crippen LogP contribution is -2.52. The fraction of sp³-hybridized carbons (Fsp3) is 0.944. The minimum atomic E-state index is -0.232. The summed E-state index contributed by atoms with van der Waals surface area (Å²) in [5.41, 5.74) is -0.232. The standard InChI is InChI=1S/C18H33NO/c1-15(20)18(19-2,13-16-9-5-3-6-10-16)14-17-11-7-4-8-12-17/h16-17,19H,3-14H2,1-2H3. The van der Waals surface area contributed by atoms with Crippen molar-refractivity contribution < 1.29 is 4.79 Å². The molecule has 2 heteroatoms. The highest BCUT2D eigenvalue weighted by molar-refractivity contribution is 5.86. The van der Waals surface area contributed by atoms with Crippen LogP contribution in [0.15, 0.2) is 0 Å². The molecule has 0 aromatic rings. The van der Waals surface area contributed by atoms with E-state index < -0.39 is 0 Å². The molecule has 0 heterocycles. The quantitative estimate of drug-likeness (QED) is 0.777. The van der Waals surface area contributed by atoms with E-state index in [9.17, 15) is 4.79 Å². The van der Waals surface area contributed by atoms with E-state index in [0.29, 0.717) is 5.78 Å². The average Bonchev–Trinajstić information content (AvgIpc) is 2.48. The molecule has 20 heavy (non-hydrogen) atoms. The van der Waals surface area contributed by atoms with Crippen molar-refractivity contribution in [1.29, 1.82) is 0 Å². The van der Waals surface area contributed by atoms with Gasteiger partial charge in [-0.25, -0.2) is 0 Å². The van der Waals surface area contributed by atoms with Gasteiger partial charge >= 0.3 is 0 Å². The van der Waals surface area contributed by atoms with Crippen molar-refractivity contribution in [2.45, 2.75) is 89.5 Å². The fourth-order valence-corrected chi connectivity index (χ4v) is 4.52. The summed E-state index contributed by atoms with van der Waals surface area (Å²) >= 11 is 0. The topological polar surface area (TPSA) is 29.1 Å². The number of rotatable bonds is 6. The predicted octanol–water partition coefficient (Wildman–Crippen LogP) is 4.47. The molecular weight excluding hydrogens is 246 g/mol. The van der Waals surface area contributed by atoms with Gasteiger partial charge in [0.15, 0.2) is 0 Å². The highest BCUT2D eigenvalue weighted by atomic mass is 16.1. The Morgan fingerprint density at radius 3 is 1.60 bits per heavy atom. The third kappa shape index (κ3) is 4.07. The van der Waals surface area contributed by atoms with Crippen LogP contribution >= 0.6 is 0 Å². The minimum absolute atomic E-state index is 0.232. The number of nitrogens with one attached hydrogen (secondary N) is 1. The molecule has 1 N–H and O–H groups in total. The summed E-state index contributed by atoms with van der Waals surface area (Å²) in [6.45, 7) is 1.81. The molecule has 2 fully saturated rings. The molecule has 0 amide bonds. The Labute approximate surface area is 125 Å². The van der Waals surface area contributed by atoms with Crippen LogP contribution in [0.25, 0.3) is 0 Å². The second-order valence-corrected chi connectivity index (χ2v) is 7.30. The lowest BCUT2D eigenvalue weighted by molar-refractivity contribution is -0.125. The zero-order valence-electron chi connectivity index (χ0n) is 13.5. The largest absolute Gasteiger partial charge is 0.308 e. The van der Waals surface area contributed by atoms with Gasteiger partial charge in [-0.2, -0.15) is 0 Å². The molecule has 0 aromatic carbocycles. The van der Waals surface area contributed by atoms with Crippen LogP contribution in [0.3, 0.4) is 0 Å². The third-order valence-corrected chi connectivity index (χ3v) is 5.88. The summed E-state index contributed by atoms with van der Waals surface area (Å²) in [5.74, 6) is 1.91. The Balaban J connectivity index is 2.00. The Morgan fingerprint density at radius 2 is 1.30 bits per heavy atom. The molecule has 2 aliphatic rings. The van der Waals surface area contributed by atoms with E-state index in [1.165, 1.54) is 64.2 Å². The first kappa shape index (κ1) is 16.0. The average molecular weight is 279 g/mol. The van der Waals surface area contributed by atoms with Gasteiger partial charge in [-0.3, -0.25) is 4.79 Å². The van der Waals surface area contributed by atoms with E-state index in [2.05, 4.69) is 5.32 Å². The summed E-state index contributed by atoms with van der Waals surface area (Å²) in [5, 5.41) is 3.46. The monoisotopic (exact) mass is 279 g/mol. The molecule has 2 rings (SSSR count). The van der Waals surface area contributed by atoms with Crippen molar-refractivity contribution in [3.8, 4) is 0 Å². The van der Waals surface area contributed by atoms with Gasteiger partial charge in [0.1, 0.15) is 5.78 Å². The molecule has 2 nitrogen and oxygen atoms in total. The van der Waals surface area contributed by atoms with Crippen LogP contribution in [0, 0.1) is 11.8 Å². The minimum Gasteiger partial charge on any atom is -0.308 e. The first-order valence-corrected chi connectivity index (χ1v) is 8.86. The number of hydrogen-bond donors (Lipinski definition) is 1. The molecule has 0 bridgehead atoms. The molecule has 0 aliphatic heterocycles. The van der Waals surface area contributed by atoms with E-state index in [-0.39, 0.29) is 5.54 Å². The SMILES string of the molecule is CNC(CC1CCCCC1)(CC1CCCCC1)C(C)=O. The lowest BCUT2D eigenvalue weighted by atomic mass is 9.71.